The van der Waals surface area contributed by atoms with Crippen LogP contribution in [-0.4, -0.2) is 18.5 Å². The van der Waals surface area contributed by atoms with Gasteiger partial charge in [0, 0.05) is 12.8 Å². The molecule has 1 rings (SSSR count). The van der Waals surface area contributed by atoms with E-state index >= 15 is 0 Å². The fourth-order valence-electron chi connectivity index (χ4n) is 2.69. The molecule has 0 aromatic heterocycles. The number of carbonyl (C=O) groups is 2. The molecule has 0 aliphatic carbocycles. The number of hydrogen-bond donors (Lipinski definition) is 0. The van der Waals surface area contributed by atoms with E-state index in [0.29, 0.717) is 18.8 Å². The summed E-state index contributed by atoms with van der Waals surface area (Å²) in [5.41, 5.74) is 2.11. The van der Waals surface area contributed by atoms with Crippen molar-refractivity contribution in [1.82, 2.24) is 0 Å². The molecule has 0 amide bonds. The highest BCUT2D eigenvalue weighted by Gasteiger charge is 2.09. The van der Waals surface area contributed by atoms with E-state index in [4.69, 9.17) is 9.47 Å². The van der Waals surface area contributed by atoms with Gasteiger partial charge in [0.25, 0.3) is 0 Å². The van der Waals surface area contributed by atoms with Gasteiger partial charge in [0.05, 0.1) is 6.61 Å². The molecule has 0 fully saturated rings. The zero-order chi connectivity index (χ0) is 18.5. The number of unbranched alkanes of at least 4 members (excludes halogenated alkanes) is 5. The van der Waals surface area contributed by atoms with Crippen molar-refractivity contribution < 1.29 is 19.1 Å². The summed E-state index contributed by atoms with van der Waals surface area (Å²) in [6.07, 6.45) is 7.94. The molecule has 0 aliphatic heterocycles. The molecule has 0 saturated heterocycles. The Morgan fingerprint density at radius 3 is 2.08 bits per heavy atom. The van der Waals surface area contributed by atoms with Crippen LogP contribution in [0.1, 0.15) is 75.8 Å². The fraction of sp³-hybridized carbons (Fsp3) is 0.619. The molecular formula is C21H32O4. The maximum absolute atomic E-state index is 11.8. The monoisotopic (exact) mass is 348 g/mol. The third kappa shape index (κ3) is 10.6. The lowest BCUT2D eigenvalue weighted by atomic mass is 10.1. The molecule has 0 spiro atoms. The number of esters is 2. The summed E-state index contributed by atoms with van der Waals surface area (Å²) >= 11 is 0. The first kappa shape index (κ1) is 21.2. The Hall–Kier alpha value is -1.84. The Morgan fingerprint density at radius 1 is 0.800 bits per heavy atom. The van der Waals surface area contributed by atoms with Crippen LogP contribution in [0.5, 0.6) is 5.75 Å². The van der Waals surface area contributed by atoms with Crippen molar-refractivity contribution in [2.45, 2.75) is 78.6 Å². The van der Waals surface area contributed by atoms with Gasteiger partial charge in [-0.25, -0.2) is 0 Å². The molecule has 0 saturated carbocycles. The predicted octanol–water partition coefficient (Wildman–Crippen LogP) is 5.28. The van der Waals surface area contributed by atoms with Crippen LogP contribution in [0.3, 0.4) is 0 Å². The summed E-state index contributed by atoms with van der Waals surface area (Å²) in [4.78, 5) is 23.5. The normalized spacial score (nSPS) is 10.5. The lowest BCUT2D eigenvalue weighted by Crippen LogP contribution is -2.10. The van der Waals surface area contributed by atoms with Gasteiger partial charge in [-0.05, 0) is 49.9 Å². The SMILES string of the molecule is CCCCCCCCOC(=O)CCCC(=O)Oc1cc(C)cc(C)c1. The van der Waals surface area contributed by atoms with Crippen LogP contribution in [0, 0.1) is 13.8 Å². The Kier molecular flexibility index (Phi) is 10.6. The molecule has 0 heterocycles. The zero-order valence-electron chi connectivity index (χ0n) is 15.9. The minimum Gasteiger partial charge on any atom is -0.466 e. The fourth-order valence-corrected chi connectivity index (χ4v) is 2.69. The molecule has 0 atom stereocenters. The van der Waals surface area contributed by atoms with E-state index in [0.717, 1.165) is 24.0 Å². The highest BCUT2D eigenvalue weighted by atomic mass is 16.5. The highest BCUT2D eigenvalue weighted by Crippen LogP contribution is 2.17. The molecule has 0 bridgehead atoms. The van der Waals surface area contributed by atoms with Crippen molar-refractivity contribution in [2.24, 2.45) is 0 Å². The number of aryl methyl sites for hydroxylation is 2. The van der Waals surface area contributed by atoms with Crippen LogP contribution < -0.4 is 4.74 Å². The van der Waals surface area contributed by atoms with Crippen LogP contribution >= 0.6 is 0 Å². The largest absolute Gasteiger partial charge is 0.466 e. The number of benzene rings is 1. The summed E-state index contributed by atoms with van der Waals surface area (Å²) < 4.78 is 10.5. The number of carbonyl (C=O) groups excluding carboxylic acids is 2. The molecular weight excluding hydrogens is 316 g/mol. The van der Waals surface area contributed by atoms with Gasteiger partial charge in [-0.3, -0.25) is 9.59 Å². The third-order valence-electron chi connectivity index (χ3n) is 3.95. The minimum atomic E-state index is -0.311. The molecule has 140 valence electrons. The van der Waals surface area contributed by atoms with Crippen LogP contribution in [0.15, 0.2) is 18.2 Å². The van der Waals surface area contributed by atoms with Gasteiger partial charge in [-0.15, -0.1) is 0 Å². The van der Waals surface area contributed by atoms with Crippen LogP contribution in [0.25, 0.3) is 0 Å². The maximum Gasteiger partial charge on any atom is 0.311 e. The van der Waals surface area contributed by atoms with Crippen LogP contribution in [0.4, 0.5) is 0 Å². The van der Waals surface area contributed by atoms with Gasteiger partial charge >= 0.3 is 11.9 Å². The van der Waals surface area contributed by atoms with E-state index in [1.165, 1.54) is 25.7 Å². The van der Waals surface area contributed by atoms with E-state index in [1.54, 1.807) is 0 Å². The second-order valence-corrected chi connectivity index (χ2v) is 6.64. The Bertz CT molecular complexity index is 516. The van der Waals surface area contributed by atoms with Crippen molar-refractivity contribution in [3.8, 4) is 5.75 Å². The molecule has 0 aliphatic rings. The van der Waals surface area contributed by atoms with Gasteiger partial charge in [0.15, 0.2) is 0 Å². The van der Waals surface area contributed by atoms with E-state index in [-0.39, 0.29) is 24.8 Å². The van der Waals surface area contributed by atoms with Gasteiger partial charge in [-0.2, -0.15) is 0 Å². The van der Waals surface area contributed by atoms with E-state index < -0.39 is 0 Å². The van der Waals surface area contributed by atoms with Crippen molar-refractivity contribution >= 4 is 11.9 Å². The van der Waals surface area contributed by atoms with Crippen molar-refractivity contribution in [3.05, 3.63) is 29.3 Å². The molecule has 4 nitrogen and oxygen atoms in total. The average Bonchev–Trinajstić information content (AvgIpc) is 2.53. The van der Waals surface area contributed by atoms with Gasteiger partial charge in [-0.1, -0.05) is 45.1 Å². The first-order valence-electron chi connectivity index (χ1n) is 9.46. The second kappa shape index (κ2) is 12.5. The molecule has 0 radical (unpaired) electrons. The average molecular weight is 348 g/mol. The predicted molar refractivity (Wildman–Crippen MR) is 99.7 cm³/mol. The van der Waals surface area contributed by atoms with Gasteiger partial charge in [0.2, 0.25) is 0 Å². The van der Waals surface area contributed by atoms with Crippen molar-refractivity contribution in [1.29, 1.82) is 0 Å². The smallest absolute Gasteiger partial charge is 0.311 e. The number of hydrogen-bond acceptors (Lipinski definition) is 4. The molecule has 4 heteroatoms. The molecule has 1 aromatic carbocycles. The molecule has 1 aromatic rings. The van der Waals surface area contributed by atoms with Crippen LogP contribution in [0.2, 0.25) is 0 Å². The summed E-state index contributed by atoms with van der Waals surface area (Å²) in [6, 6.07) is 5.69. The first-order valence-corrected chi connectivity index (χ1v) is 9.46. The quantitative estimate of drug-likeness (QED) is 0.293. The Labute approximate surface area is 151 Å². The zero-order valence-corrected chi connectivity index (χ0v) is 15.9. The Balaban J connectivity index is 2.09. The molecule has 0 unspecified atom stereocenters. The standard InChI is InChI=1S/C21H32O4/c1-4-5-6-7-8-9-13-24-20(22)11-10-12-21(23)25-19-15-17(2)14-18(3)16-19/h14-16H,4-13H2,1-3H3. The van der Waals surface area contributed by atoms with Gasteiger partial charge in [0.1, 0.15) is 5.75 Å². The highest BCUT2D eigenvalue weighted by molar-refractivity contribution is 5.74. The first-order chi connectivity index (χ1) is 12.0. The summed E-state index contributed by atoms with van der Waals surface area (Å²) in [7, 11) is 0. The van der Waals surface area contributed by atoms with Crippen LogP contribution in [-0.2, 0) is 14.3 Å². The van der Waals surface area contributed by atoms with Crippen molar-refractivity contribution in [2.75, 3.05) is 6.61 Å². The lowest BCUT2D eigenvalue weighted by molar-refractivity contribution is -0.144. The minimum absolute atomic E-state index is 0.221. The summed E-state index contributed by atoms with van der Waals surface area (Å²) in [5.74, 6) is 0.0228. The summed E-state index contributed by atoms with van der Waals surface area (Å²) in [6.45, 7) is 6.60. The number of ether oxygens (including phenoxy) is 2. The maximum atomic E-state index is 11.8. The number of rotatable bonds is 12. The van der Waals surface area contributed by atoms with Crippen molar-refractivity contribution in [3.63, 3.8) is 0 Å². The molecule has 25 heavy (non-hydrogen) atoms. The third-order valence-corrected chi connectivity index (χ3v) is 3.95. The Morgan fingerprint density at radius 2 is 1.40 bits per heavy atom. The van der Waals surface area contributed by atoms with E-state index in [1.807, 2.05) is 32.0 Å². The lowest BCUT2D eigenvalue weighted by Gasteiger charge is -2.07. The van der Waals surface area contributed by atoms with E-state index in [2.05, 4.69) is 6.92 Å². The van der Waals surface area contributed by atoms with Gasteiger partial charge < -0.3 is 9.47 Å². The topological polar surface area (TPSA) is 52.6 Å². The second-order valence-electron chi connectivity index (χ2n) is 6.64. The molecule has 0 N–H and O–H groups in total. The summed E-state index contributed by atoms with van der Waals surface area (Å²) in [5, 5.41) is 0. The van der Waals surface area contributed by atoms with E-state index in [9.17, 15) is 9.59 Å².